The van der Waals surface area contributed by atoms with Crippen molar-refractivity contribution in [3.8, 4) is 11.5 Å². The number of anilines is 1. The quantitative estimate of drug-likeness (QED) is 0.805. The number of carbonyl (C=O) groups excluding carboxylic acids is 2. The fraction of sp³-hybridized carbons (Fsp3) is 0.467. The highest BCUT2D eigenvalue weighted by molar-refractivity contribution is 5.97. The topological polar surface area (TPSA) is 76.7 Å². The van der Waals surface area contributed by atoms with E-state index in [1.54, 1.807) is 13.8 Å². The second kappa shape index (κ2) is 8.30. The van der Waals surface area contributed by atoms with Gasteiger partial charge >= 0.3 is 6.61 Å². The van der Waals surface area contributed by atoms with Gasteiger partial charge < -0.3 is 20.1 Å². The SMILES string of the molecule is COc1ccc(NC(=O)C(NC(C)=O)C(C)C)cc1OC(F)F. The molecule has 8 heteroatoms. The van der Waals surface area contributed by atoms with E-state index in [0.717, 1.165) is 0 Å². The molecule has 0 aliphatic carbocycles. The van der Waals surface area contributed by atoms with Gasteiger partial charge in [-0.1, -0.05) is 13.8 Å². The number of ether oxygens (including phenoxy) is 2. The van der Waals surface area contributed by atoms with Gasteiger partial charge in [0.25, 0.3) is 0 Å². The molecule has 128 valence electrons. The van der Waals surface area contributed by atoms with Crippen molar-refractivity contribution in [1.29, 1.82) is 0 Å². The summed E-state index contributed by atoms with van der Waals surface area (Å²) in [5, 5.41) is 5.10. The molecule has 1 aromatic rings. The highest BCUT2D eigenvalue weighted by Gasteiger charge is 2.23. The summed E-state index contributed by atoms with van der Waals surface area (Å²) >= 11 is 0. The number of alkyl halides is 2. The normalized spacial score (nSPS) is 12.0. The van der Waals surface area contributed by atoms with Gasteiger partial charge in [0.1, 0.15) is 6.04 Å². The van der Waals surface area contributed by atoms with Crippen LogP contribution in [0, 0.1) is 5.92 Å². The van der Waals surface area contributed by atoms with Crippen LogP contribution in [0.25, 0.3) is 0 Å². The lowest BCUT2D eigenvalue weighted by Crippen LogP contribution is -2.46. The maximum absolute atomic E-state index is 12.4. The van der Waals surface area contributed by atoms with E-state index in [4.69, 9.17) is 4.74 Å². The van der Waals surface area contributed by atoms with Crippen molar-refractivity contribution < 1.29 is 27.8 Å². The second-order valence-corrected chi connectivity index (χ2v) is 5.16. The highest BCUT2D eigenvalue weighted by Crippen LogP contribution is 2.31. The monoisotopic (exact) mass is 330 g/mol. The molecule has 1 aromatic carbocycles. The van der Waals surface area contributed by atoms with Crippen LogP contribution in [0.2, 0.25) is 0 Å². The van der Waals surface area contributed by atoms with Crippen LogP contribution in [0.3, 0.4) is 0 Å². The average Bonchev–Trinajstić information content (AvgIpc) is 2.43. The Morgan fingerprint density at radius 3 is 2.30 bits per heavy atom. The van der Waals surface area contributed by atoms with Crippen LogP contribution in [0.5, 0.6) is 11.5 Å². The third-order valence-corrected chi connectivity index (χ3v) is 2.96. The molecule has 0 aromatic heterocycles. The maximum Gasteiger partial charge on any atom is 0.387 e. The number of hydrogen-bond donors (Lipinski definition) is 2. The molecule has 0 aliphatic rings. The van der Waals surface area contributed by atoms with Crippen molar-refractivity contribution in [3.05, 3.63) is 18.2 Å². The van der Waals surface area contributed by atoms with Crippen LogP contribution in [-0.2, 0) is 9.59 Å². The molecule has 0 saturated heterocycles. The largest absolute Gasteiger partial charge is 0.493 e. The zero-order chi connectivity index (χ0) is 17.6. The molecule has 0 saturated carbocycles. The van der Waals surface area contributed by atoms with Gasteiger partial charge in [0, 0.05) is 18.7 Å². The molecule has 2 amide bonds. The predicted octanol–water partition coefficient (Wildman–Crippen LogP) is 2.40. The molecule has 23 heavy (non-hydrogen) atoms. The van der Waals surface area contributed by atoms with Crippen LogP contribution in [0.1, 0.15) is 20.8 Å². The average molecular weight is 330 g/mol. The summed E-state index contributed by atoms with van der Waals surface area (Å²) in [4.78, 5) is 23.4. The summed E-state index contributed by atoms with van der Waals surface area (Å²) in [6.45, 7) is 1.85. The Labute approximate surface area is 133 Å². The van der Waals surface area contributed by atoms with E-state index < -0.39 is 18.6 Å². The van der Waals surface area contributed by atoms with E-state index >= 15 is 0 Å². The van der Waals surface area contributed by atoms with Gasteiger partial charge in [-0.3, -0.25) is 9.59 Å². The van der Waals surface area contributed by atoms with Crippen LogP contribution < -0.4 is 20.1 Å². The van der Waals surface area contributed by atoms with Crippen molar-refractivity contribution >= 4 is 17.5 Å². The highest BCUT2D eigenvalue weighted by atomic mass is 19.3. The fourth-order valence-corrected chi connectivity index (χ4v) is 1.92. The van der Waals surface area contributed by atoms with E-state index in [-0.39, 0.29) is 29.0 Å². The molecule has 0 heterocycles. The number of methoxy groups -OCH3 is 1. The molecule has 0 aliphatic heterocycles. The van der Waals surface area contributed by atoms with Crippen molar-refractivity contribution in [2.75, 3.05) is 12.4 Å². The number of benzene rings is 1. The third-order valence-electron chi connectivity index (χ3n) is 2.96. The summed E-state index contributed by atoms with van der Waals surface area (Å²) in [5.74, 6) is -1.01. The van der Waals surface area contributed by atoms with Crippen molar-refractivity contribution in [2.45, 2.75) is 33.4 Å². The first-order chi connectivity index (χ1) is 10.7. The lowest BCUT2D eigenvalue weighted by atomic mass is 10.0. The molecular weight excluding hydrogens is 310 g/mol. The first kappa shape index (κ1) is 18.7. The van der Waals surface area contributed by atoms with Crippen molar-refractivity contribution in [2.24, 2.45) is 5.92 Å². The zero-order valence-corrected chi connectivity index (χ0v) is 13.4. The lowest BCUT2D eigenvalue weighted by Gasteiger charge is -2.21. The Bertz CT molecular complexity index is 564. The molecule has 6 nitrogen and oxygen atoms in total. The van der Waals surface area contributed by atoms with Gasteiger partial charge in [-0.25, -0.2) is 0 Å². The van der Waals surface area contributed by atoms with Gasteiger partial charge in [0.05, 0.1) is 7.11 Å². The van der Waals surface area contributed by atoms with E-state index in [2.05, 4.69) is 15.4 Å². The van der Waals surface area contributed by atoms with Gasteiger partial charge in [-0.05, 0) is 18.1 Å². The summed E-state index contributed by atoms with van der Waals surface area (Å²) in [6.07, 6.45) is 0. The lowest BCUT2D eigenvalue weighted by molar-refractivity contribution is -0.126. The third kappa shape index (κ3) is 5.72. The number of halogens is 2. The number of carbonyl (C=O) groups is 2. The van der Waals surface area contributed by atoms with E-state index in [1.165, 1.54) is 32.2 Å². The molecule has 1 rings (SSSR count). The minimum Gasteiger partial charge on any atom is -0.493 e. The van der Waals surface area contributed by atoms with E-state index in [9.17, 15) is 18.4 Å². The minimum atomic E-state index is -3.02. The first-order valence-electron chi connectivity index (χ1n) is 6.95. The molecule has 1 unspecified atom stereocenters. The van der Waals surface area contributed by atoms with Crippen LogP contribution in [-0.4, -0.2) is 31.6 Å². The Kier molecular flexibility index (Phi) is 6.74. The second-order valence-electron chi connectivity index (χ2n) is 5.16. The molecule has 0 radical (unpaired) electrons. The summed E-state index contributed by atoms with van der Waals surface area (Å²) in [7, 11) is 1.32. The zero-order valence-electron chi connectivity index (χ0n) is 13.4. The van der Waals surface area contributed by atoms with Gasteiger partial charge in [0.2, 0.25) is 11.8 Å². The summed E-state index contributed by atoms with van der Waals surface area (Å²) in [5.41, 5.74) is 0.252. The molecule has 1 atom stereocenters. The summed E-state index contributed by atoms with van der Waals surface area (Å²) in [6, 6.07) is 3.37. The smallest absolute Gasteiger partial charge is 0.387 e. The Hall–Kier alpha value is -2.38. The number of hydrogen-bond acceptors (Lipinski definition) is 4. The van der Waals surface area contributed by atoms with Crippen LogP contribution >= 0.6 is 0 Å². The molecule has 0 spiro atoms. The number of amides is 2. The maximum atomic E-state index is 12.4. The van der Waals surface area contributed by atoms with Crippen LogP contribution in [0.15, 0.2) is 18.2 Å². The predicted molar refractivity (Wildman–Crippen MR) is 80.7 cm³/mol. The van der Waals surface area contributed by atoms with Gasteiger partial charge in [0.15, 0.2) is 11.5 Å². The first-order valence-corrected chi connectivity index (χ1v) is 6.95. The summed E-state index contributed by atoms with van der Waals surface area (Å²) < 4.78 is 34.1. The Balaban J connectivity index is 2.94. The number of nitrogens with one attached hydrogen (secondary N) is 2. The molecule has 2 N–H and O–H groups in total. The van der Waals surface area contributed by atoms with Crippen LogP contribution in [0.4, 0.5) is 14.5 Å². The minimum absolute atomic E-state index is 0.116. The van der Waals surface area contributed by atoms with E-state index in [1.807, 2.05) is 0 Å². The standard InChI is InChI=1S/C15H20F2N2O4/c1-8(2)13(18-9(3)20)14(21)19-10-5-6-11(22-4)12(7-10)23-15(16)17/h5-8,13,15H,1-4H3,(H,18,20)(H,19,21). The Morgan fingerprint density at radius 2 is 1.83 bits per heavy atom. The molecular formula is C15H20F2N2O4. The number of rotatable bonds is 7. The Morgan fingerprint density at radius 1 is 1.17 bits per heavy atom. The van der Waals surface area contributed by atoms with Gasteiger partial charge in [-0.2, -0.15) is 8.78 Å². The van der Waals surface area contributed by atoms with Crippen molar-refractivity contribution in [3.63, 3.8) is 0 Å². The fourth-order valence-electron chi connectivity index (χ4n) is 1.92. The van der Waals surface area contributed by atoms with Gasteiger partial charge in [-0.15, -0.1) is 0 Å². The molecule has 0 fully saturated rings. The molecule has 0 bridgehead atoms. The van der Waals surface area contributed by atoms with E-state index in [0.29, 0.717) is 0 Å². The van der Waals surface area contributed by atoms with Crippen molar-refractivity contribution in [1.82, 2.24) is 5.32 Å².